The highest BCUT2D eigenvalue weighted by Gasteiger charge is 2.16. The third kappa shape index (κ3) is 5.59. The van der Waals surface area contributed by atoms with Gasteiger partial charge in [-0.2, -0.15) is 0 Å². The van der Waals surface area contributed by atoms with E-state index in [4.69, 9.17) is 0 Å². The summed E-state index contributed by atoms with van der Waals surface area (Å²) < 4.78 is 0. The van der Waals surface area contributed by atoms with Crippen LogP contribution in [0.1, 0.15) is 41.8 Å². The van der Waals surface area contributed by atoms with Crippen LogP contribution in [0.4, 0.5) is 0 Å². The molecule has 0 radical (unpaired) electrons. The topological polar surface area (TPSA) is 49.4 Å². The van der Waals surface area contributed by atoms with Crippen LogP contribution in [-0.4, -0.2) is 43.3 Å². The van der Waals surface area contributed by atoms with Crippen molar-refractivity contribution in [2.75, 3.05) is 26.7 Å². The summed E-state index contributed by atoms with van der Waals surface area (Å²) in [6.07, 6.45) is 4.11. The Morgan fingerprint density at radius 2 is 2.10 bits per heavy atom. The van der Waals surface area contributed by atoms with E-state index in [9.17, 15) is 9.59 Å². The van der Waals surface area contributed by atoms with E-state index in [-0.39, 0.29) is 11.7 Å². The van der Waals surface area contributed by atoms with Gasteiger partial charge in [0, 0.05) is 19.4 Å². The number of Topliss-reactive ketones (excluding diaryl/α,β-unsaturated/α-hetero) is 1. The molecule has 0 saturated carbocycles. The number of nitrogens with one attached hydrogen (secondary N) is 1. The first-order valence-electron chi connectivity index (χ1n) is 7.67. The second-order valence-corrected chi connectivity index (χ2v) is 6.73. The van der Waals surface area contributed by atoms with Crippen molar-refractivity contribution in [2.45, 2.75) is 32.1 Å². The molecule has 1 amide bonds. The Morgan fingerprint density at radius 3 is 2.76 bits per heavy atom. The molecule has 0 aliphatic carbocycles. The molecule has 5 heteroatoms. The smallest absolute Gasteiger partial charge is 0.220 e. The van der Waals surface area contributed by atoms with E-state index in [1.165, 1.54) is 24.2 Å². The van der Waals surface area contributed by atoms with Crippen molar-refractivity contribution < 1.29 is 9.59 Å². The first kappa shape index (κ1) is 16.2. The number of likely N-dealkylation sites (tertiary alicyclic amines) is 1. The van der Waals surface area contributed by atoms with Crippen molar-refractivity contribution in [2.24, 2.45) is 5.92 Å². The summed E-state index contributed by atoms with van der Waals surface area (Å²) in [6, 6.07) is 3.67. The quantitative estimate of drug-likeness (QED) is 0.788. The minimum atomic E-state index is -0.00664. The molecule has 2 heterocycles. The van der Waals surface area contributed by atoms with E-state index in [1.54, 1.807) is 0 Å². The third-order valence-corrected chi connectivity index (χ3v) is 5.00. The number of piperidine rings is 1. The minimum Gasteiger partial charge on any atom is -0.356 e. The van der Waals surface area contributed by atoms with Gasteiger partial charge in [-0.3, -0.25) is 9.59 Å². The van der Waals surface area contributed by atoms with Crippen LogP contribution in [0.2, 0.25) is 0 Å². The van der Waals surface area contributed by atoms with Crippen LogP contribution < -0.4 is 5.32 Å². The average Bonchev–Trinajstić information content (AvgIpc) is 3.01. The highest BCUT2D eigenvalue weighted by molar-refractivity contribution is 7.12. The standard InChI is InChI=1S/C16H24N2O2S/c1-18-10-7-13(8-11-18)6-9-17-16(20)5-4-14(19)15-3-2-12-21-15/h2-3,12-13H,4-11H2,1H3,(H,17,20). The molecule has 0 bridgehead atoms. The summed E-state index contributed by atoms with van der Waals surface area (Å²) in [7, 11) is 2.16. The lowest BCUT2D eigenvalue weighted by atomic mass is 9.94. The van der Waals surface area contributed by atoms with Crippen LogP contribution in [0.3, 0.4) is 0 Å². The van der Waals surface area contributed by atoms with Gasteiger partial charge in [-0.05, 0) is 56.8 Å². The molecule has 1 fully saturated rings. The van der Waals surface area contributed by atoms with Crippen LogP contribution >= 0.6 is 11.3 Å². The molecule has 21 heavy (non-hydrogen) atoms. The number of nitrogens with zero attached hydrogens (tertiary/aromatic N) is 1. The Balaban J connectivity index is 1.56. The molecule has 1 aliphatic rings. The van der Waals surface area contributed by atoms with Gasteiger partial charge >= 0.3 is 0 Å². The molecule has 0 atom stereocenters. The fourth-order valence-electron chi connectivity index (χ4n) is 2.64. The molecular formula is C16H24N2O2S. The molecule has 4 nitrogen and oxygen atoms in total. The zero-order valence-electron chi connectivity index (χ0n) is 12.6. The summed E-state index contributed by atoms with van der Waals surface area (Å²) in [4.78, 5) is 26.6. The van der Waals surface area contributed by atoms with Gasteiger partial charge in [0.2, 0.25) is 5.91 Å². The Hall–Kier alpha value is -1.20. The summed E-state index contributed by atoms with van der Waals surface area (Å²) in [5.41, 5.74) is 0. The predicted molar refractivity (Wildman–Crippen MR) is 85.7 cm³/mol. The van der Waals surface area contributed by atoms with E-state index in [0.717, 1.165) is 36.9 Å². The molecule has 116 valence electrons. The largest absolute Gasteiger partial charge is 0.356 e. The van der Waals surface area contributed by atoms with Crippen LogP contribution in [-0.2, 0) is 4.79 Å². The second kappa shape index (κ2) is 8.29. The number of carbonyl (C=O) groups excluding carboxylic acids is 2. The van der Waals surface area contributed by atoms with Crippen LogP contribution in [0, 0.1) is 5.92 Å². The van der Waals surface area contributed by atoms with Gasteiger partial charge in [0.05, 0.1) is 4.88 Å². The van der Waals surface area contributed by atoms with E-state index in [0.29, 0.717) is 12.8 Å². The van der Waals surface area contributed by atoms with Gasteiger partial charge in [0.1, 0.15) is 0 Å². The summed E-state index contributed by atoms with van der Waals surface area (Å²) >= 11 is 1.43. The fourth-order valence-corrected chi connectivity index (χ4v) is 3.34. The summed E-state index contributed by atoms with van der Waals surface area (Å²) in [5, 5.41) is 4.82. The molecule has 0 spiro atoms. The highest BCUT2D eigenvalue weighted by atomic mass is 32.1. The number of carbonyl (C=O) groups is 2. The van der Waals surface area contributed by atoms with Gasteiger partial charge < -0.3 is 10.2 Å². The van der Waals surface area contributed by atoms with E-state index in [2.05, 4.69) is 17.3 Å². The molecule has 0 aromatic carbocycles. The number of ketones is 1. The lowest BCUT2D eigenvalue weighted by Crippen LogP contribution is -2.32. The van der Waals surface area contributed by atoms with E-state index >= 15 is 0 Å². The Labute approximate surface area is 130 Å². The van der Waals surface area contributed by atoms with Gasteiger partial charge in [-0.15, -0.1) is 11.3 Å². The fraction of sp³-hybridized carbons (Fsp3) is 0.625. The van der Waals surface area contributed by atoms with Gasteiger partial charge in [-0.1, -0.05) is 6.07 Å². The monoisotopic (exact) mass is 308 g/mol. The Kier molecular flexibility index (Phi) is 6.39. The molecule has 1 aromatic rings. The molecule has 1 saturated heterocycles. The van der Waals surface area contributed by atoms with Crippen molar-refractivity contribution in [1.82, 2.24) is 10.2 Å². The number of rotatable bonds is 7. The summed E-state index contributed by atoms with van der Waals surface area (Å²) in [6.45, 7) is 3.06. The summed E-state index contributed by atoms with van der Waals surface area (Å²) in [5.74, 6) is 0.789. The van der Waals surface area contributed by atoms with E-state index < -0.39 is 0 Å². The second-order valence-electron chi connectivity index (χ2n) is 5.79. The Bertz CT molecular complexity index is 451. The molecule has 0 unspecified atom stereocenters. The van der Waals surface area contributed by atoms with Crippen molar-refractivity contribution in [3.63, 3.8) is 0 Å². The first-order chi connectivity index (χ1) is 10.1. The highest BCUT2D eigenvalue weighted by Crippen LogP contribution is 2.18. The number of amides is 1. The lowest BCUT2D eigenvalue weighted by Gasteiger charge is -2.28. The maximum atomic E-state index is 11.8. The lowest BCUT2D eigenvalue weighted by molar-refractivity contribution is -0.121. The zero-order chi connectivity index (χ0) is 15.1. The van der Waals surface area contributed by atoms with Crippen LogP contribution in [0.5, 0.6) is 0 Å². The molecule has 1 aliphatic heterocycles. The molecular weight excluding hydrogens is 284 g/mol. The first-order valence-corrected chi connectivity index (χ1v) is 8.55. The van der Waals surface area contributed by atoms with E-state index in [1.807, 2.05) is 17.5 Å². The molecule has 1 aromatic heterocycles. The van der Waals surface area contributed by atoms with Crippen LogP contribution in [0.15, 0.2) is 17.5 Å². The zero-order valence-corrected chi connectivity index (χ0v) is 13.5. The molecule has 1 N–H and O–H groups in total. The maximum Gasteiger partial charge on any atom is 0.220 e. The van der Waals surface area contributed by atoms with Crippen molar-refractivity contribution in [1.29, 1.82) is 0 Å². The van der Waals surface area contributed by atoms with Crippen LogP contribution in [0.25, 0.3) is 0 Å². The van der Waals surface area contributed by atoms with Crippen molar-refractivity contribution >= 4 is 23.0 Å². The Morgan fingerprint density at radius 1 is 1.33 bits per heavy atom. The number of hydrogen-bond donors (Lipinski definition) is 1. The van der Waals surface area contributed by atoms with Crippen molar-refractivity contribution in [3.05, 3.63) is 22.4 Å². The van der Waals surface area contributed by atoms with Gasteiger partial charge in [-0.25, -0.2) is 0 Å². The maximum absolute atomic E-state index is 11.8. The normalized spacial score (nSPS) is 16.8. The number of thiophene rings is 1. The van der Waals surface area contributed by atoms with Crippen molar-refractivity contribution in [3.8, 4) is 0 Å². The van der Waals surface area contributed by atoms with Gasteiger partial charge in [0.25, 0.3) is 0 Å². The SMILES string of the molecule is CN1CCC(CCNC(=O)CCC(=O)c2cccs2)CC1. The third-order valence-electron chi connectivity index (χ3n) is 4.09. The minimum absolute atomic E-state index is 0.00664. The molecule has 2 rings (SSSR count). The average molecular weight is 308 g/mol. The predicted octanol–water partition coefficient (Wildman–Crippen LogP) is 2.56. The van der Waals surface area contributed by atoms with Gasteiger partial charge in [0.15, 0.2) is 5.78 Å². The number of hydrogen-bond acceptors (Lipinski definition) is 4.